The smallest absolute Gasteiger partial charge is 0.105 e. The predicted octanol–water partition coefficient (Wildman–Crippen LogP) is -0.0842. The minimum Gasteiger partial charge on any atom is -0.412 e. The molecule has 1 heterocycles. The Morgan fingerprint density at radius 1 is 1.08 bits per heavy atom. The maximum Gasteiger partial charge on any atom is 0.105 e. The van der Waals surface area contributed by atoms with Crippen LogP contribution < -0.4 is 5.32 Å². The van der Waals surface area contributed by atoms with E-state index < -0.39 is 0 Å². The lowest BCUT2D eigenvalue weighted by atomic mass is 10.0. The number of aliphatic imine (C=N–C) groups is 1. The lowest BCUT2D eigenvalue weighted by Crippen LogP contribution is -2.47. The molecule has 74 valence electrons. The Balaban J connectivity index is 0. The summed E-state index contributed by atoms with van der Waals surface area (Å²) in [6.07, 6.45) is 0. The van der Waals surface area contributed by atoms with Crippen LogP contribution in [0.4, 0.5) is 0 Å². The molecule has 0 atom stereocenters. The highest BCUT2D eigenvalue weighted by atomic mass is 16.0. The largest absolute Gasteiger partial charge is 0.412 e. The van der Waals surface area contributed by atoms with Gasteiger partial charge in [0.05, 0.1) is 5.54 Å². The summed E-state index contributed by atoms with van der Waals surface area (Å²) in [5.41, 5.74) is 1.22. The number of nitrogens with one attached hydrogen (secondary N) is 1. The van der Waals surface area contributed by atoms with E-state index in [1.807, 2.05) is 0 Å². The Morgan fingerprint density at radius 2 is 1.50 bits per heavy atom. The van der Waals surface area contributed by atoms with E-state index in [1.54, 1.807) is 0 Å². The zero-order valence-electron chi connectivity index (χ0n) is 8.45. The standard InChI is InChI=1S/C8H16N2.2H2O/c1-6-7(2,3)10-8(4,5)9-6;;/h10H,1-5H3;2*1H2. The van der Waals surface area contributed by atoms with Gasteiger partial charge in [-0.1, -0.05) is 0 Å². The molecule has 0 radical (unpaired) electrons. The third-order valence-electron chi connectivity index (χ3n) is 1.97. The normalized spacial score (nSPS) is 23.6. The molecule has 0 bridgehead atoms. The monoisotopic (exact) mass is 176 g/mol. The Hall–Kier alpha value is -0.450. The van der Waals surface area contributed by atoms with Gasteiger partial charge in [-0.05, 0) is 34.6 Å². The predicted molar refractivity (Wildman–Crippen MR) is 51.6 cm³/mol. The first-order valence-electron chi connectivity index (χ1n) is 3.70. The molecular formula is C8H20N2O2. The van der Waals surface area contributed by atoms with Crippen molar-refractivity contribution in [2.45, 2.75) is 45.8 Å². The molecule has 4 heteroatoms. The van der Waals surface area contributed by atoms with Crippen molar-refractivity contribution in [1.29, 1.82) is 0 Å². The highest BCUT2D eigenvalue weighted by Gasteiger charge is 2.35. The molecule has 0 aromatic carbocycles. The van der Waals surface area contributed by atoms with Crippen molar-refractivity contribution in [1.82, 2.24) is 5.32 Å². The van der Waals surface area contributed by atoms with Crippen molar-refractivity contribution in [2.24, 2.45) is 4.99 Å². The minimum atomic E-state index is -0.0619. The van der Waals surface area contributed by atoms with Crippen LogP contribution >= 0.6 is 0 Å². The van der Waals surface area contributed by atoms with Gasteiger partial charge in [0.2, 0.25) is 0 Å². The van der Waals surface area contributed by atoms with Gasteiger partial charge in [-0.25, -0.2) is 0 Å². The van der Waals surface area contributed by atoms with E-state index >= 15 is 0 Å². The van der Waals surface area contributed by atoms with Gasteiger partial charge >= 0.3 is 0 Å². The van der Waals surface area contributed by atoms with Crippen LogP contribution in [0, 0.1) is 0 Å². The van der Waals surface area contributed by atoms with Crippen LogP contribution in [0.2, 0.25) is 0 Å². The molecule has 0 aromatic rings. The second-order valence-electron chi connectivity index (χ2n) is 4.01. The van der Waals surface area contributed by atoms with Crippen molar-refractivity contribution in [3.05, 3.63) is 0 Å². The van der Waals surface area contributed by atoms with Gasteiger partial charge < -0.3 is 11.0 Å². The van der Waals surface area contributed by atoms with E-state index in [4.69, 9.17) is 0 Å². The second kappa shape index (κ2) is 3.51. The van der Waals surface area contributed by atoms with Crippen molar-refractivity contribution in [3.8, 4) is 0 Å². The number of hydrogen-bond acceptors (Lipinski definition) is 2. The molecule has 1 aliphatic rings. The summed E-state index contributed by atoms with van der Waals surface area (Å²) >= 11 is 0. The van der Waals surface area contributed by atoms with Gasteiger partial charge in [-0.15, -0.1) is 0 Å². The average molecular weight is 176 g/mol. The Kier molecular flexibility index (Phi) is 4.13. The molecule has 0 aromatic heterocycles. The summed E-state index contributed by atoms with van der Waals surface area (Å²) in [4.78, 5) is 4.48. The van der Waals surface area contributed by atoms with Crippen LogP contribution in [-0.4, -0.2) is 27.9 Å². The lowest BCUT2D eigenvalue weighted by Gasteiger charge is -2.24. The molecular weight excluding hydrogens is 156 g/mol. The summed E-state index contributed by atoms with van der Waals surface area (Å²) < 4.78 is 0. The molecule has 1 aliphatic heterocycles. The van der Waals surface area contributed by atoms with Gasteiger partial charge in [0.1, 0.15) is 5.66 Å². The molecule has 1 rings (SSSR count). The molecule has 0 aliphatic carbocycles. The number of rotatable bonds is 0. The minimum absolute atomic E-state index is 0. The summed E-state index contributed by atoms with van der Waals surface area (Å²) in [6, 6.07) is 0. The average Bonchev–Trinajstić information content (AvgIpc) is 1.73. The van der Waals surface area contributed by atoms with E-state index in [2.05, 4.69) is 44.9 Å². The third-order valence-corrected chi connectivity index (χ3v) is 1.97. The highest BCUT2D eigenvalue weighted by molar-refractivity contribution is 5.92. The Bertz CT molecular complexity index is 185. The van der Waals surface area contributed by atoms with Crippen molar-refractivity contribution in [3.63, 3.8) is 0 Å². The molecule has 5 N–H and O–H groups in total. The summed E-state index contributed by atoms with van der Waals surface area (Å²) in [5, 5.41) is 3.42. The topological polar surface area (TPSA) is 87.4 Å². The van der Waals surface area contributed by atoms with Gasteiger partial charge in [0.25, 0.3) is 0 Å². The van der Waals surface area contributed by atoms with Crippen LogP contribution in [0.3, 0.4) is 0 Å². The van der Waals surface area contributed by atoms with E-state index in [9.17, 15) is 0 Å². The van der Waals surface area contributed by atoms with E-state index in [1.165, 1.54) is 5.71 Å². The van der Waals surface area contributed by atoms with Crippen LogP contribution in [0.25, 0.3) is 0 Å². The van der Waals surface area contributed by atoms with Crippen LogP contribution in [-0.2, 0) is 0 Å². The number of nitrogens with zero attached hydrogens (tertiary/aromatic N) is 1. The fourth-order valence-corrected chi connectivity index (χ4v) is 1.44. The van der Waals surface area contributed by atoms with E-state index in [0.717, 1.165) is 0 Å². The maximum absolute atomic E-state index is 4.48. The highest BCUT2D eigenvalue weighted by Crippen LogP contribution is 2.22. The third kappa shape index (κ3) is 2.55. The lowest BCUT2D eigenvalue weighted by molar-refractivity contribution is 0.371. The summed E-state index contributed by atoms with van der Waals surface area (Å²) in [5.74, 6) is 0. The van der Waals surface area contributed by atoms with Gasteiger partial charge in [0, 0.05) is 5.71 Å². The number of hydrogen-bond donors (Lipinski definition) is 1. The van der Waals surface area contributed by atoms with Gasteiger partial charge in [-0.3, -0.25) is 10.3 Å². The zero-order valence-corrected chi connectivity index (χ0v) is 8.45. The molecule has 0 unspecified atom stereocenters. The van der Waals surface area contributed by atoms with Crippen molar-refractivity contribution < 1.29 is 11.0 Å². The molecule has 12 heavy (non-hydrogen) atoms. The van der Waals surface area contributed by atoms with Crippen LogP contribution in [0.15, 0.2) is 4.99 Å². The van der Waals surface area contributed by atoms with Crippen LogP contribution in [0.1, 0.15) is 34.6 Å². The molecule has 0 saturated heterocycles. The second-order valence-corrected chi connectivity index (χ2v) is 4.01. The van der Waals surface area contributed by atoms with E-state index in [-0.39, 0.29) is 22.2 Å². The first kappa shape index (κ1) is 14.1. The maximum atomic E-state index is 4.48. The molecule has 0 spiro atoms. The molecule has 4 nitrogen and oxygen atoms in total. The fourth-order valence-electron chi connectivity index (χ4n) is 1.44. The quantitative estimate of drug-likeness (QED) is 0.549. The SMILES string of the molecule is CC1=NC(C)(C)NC1(C)C.O.O. The van der Waals surface area contributed by atoms with Gasteiger partial charge in [0.15, 0.2) is 0 Å². The summed E-state index contributed by atoms with van der Waals surface area (Å²) in [6.45, 7) is 10.6. The molecule has 0 amide bonds. The van der Waals surface area contributed by atoms with E-state index in [0.29, 0.717) is 0 Å². The first-order chi connectivity index (χ1) is 4.33. The first-order valence-corrected chi connectivity index (χ1v) is 3.70. The van der Waals surface area contributed by atoms with Crippen molar-refractivity contribution in [2.75, 3.05) is 0 Å². The Labute approximate surface area is 73.7 Å². The Morgan fingerprint density at radius 3 is 1.58 bits per heavy atom. The molecule has 0 fully saturated rings. The fraction of sp³-hybridized carbons (Fsp3) is 0.875. The molecule has 0 saturated carbocycles. The van der Waals surface area contributed by atoms with Gasteiger partial charge in [-0.2, -0.15) is 0 Å². The zero-order chi connectivity index (χ0) is 7.99. The van der Waals surface area contributed by atoms with Crippen LogP contribution in [0.5, 0.6) is 0 Å². The summed E-state index contributed by atoms with van der Waals surface area (Å²) in [7, 11) is 0. The van der Waals surface area contributed by atoms with Crippen molar-refractivity contribution >= 4 is 5.71 Å².